The number of carbonyl (C=O) groups is 1. The average Bonchev–Trinajstić information content (AvgIpc) is 2.74. The molecule has 1 aromatic heterocycles. The number of hydrogen-bond acceptors (Lipinski definition) is 3. The molecule has 0 fully saturated rings. The summed E-state index contributed by atoms with van der Waals surface area (Å²) in [4.78, 5) is 17.1. The number of aromatic nitrogens is 2. The Bertz CT molecular complexity index is 531. The lowest BCUT2D eigenvalue weighted by Crippen LogP contribution is -2.09. The van der Waals surface area contributed by atoms with Gasteiger partial charge in [-0.3, -0.25) is 4.79 Å². The summed E-state index contributed by atoms with van der Waals surface area (Å²) in [5, 5.41) is 0. The second-order valence-corrected chi connectivity index (χ2v) is 5.32. The van der Waals surface area contributed by atoms with E-state index < -0.39 is 0 Å². The topological polar surface area (TPSA) is 34.9 Å². The quantitative estimate of drug-likeness (QED) is 0.775. The zero-order valence-corrected chi connectivity index (χ0v) is 11.4. The van der Waals surface area contributed by atoms with Crippen LogP contribution in [0.2, 0.25) is 0 Å². The Morgan fingerprint density at radius 1 is 1.33 bits per heavy atom. The van der Waals surface area contributed by atoms with Crippen LogP contribution >= 0.6 is 11.8 Å². The van der Waals surface area contributed by atoms with Crippen LogP contribution in [-0.2, 0) is 18.3 Å². The molecule has 0 bridgehead atoms. The number of imidazole rings is 1. The maximum Gasteiger partial charge on any atom is 0.150 e. The van der Waals surface area contributed by atoms with Crippen molar-refractivity contribution in [1.29, 1.82) is 0 Å². The normalized spacial score (nSPS) is 10.6. The van der Waals surface area contributed by atoms with Crippen LogP contribution in [0.15, 0.2) is 41.6 Å². The van der Waals surface area contributed by atoms with Gasteiger partial charge in [-0.2, -0.15) is 0 Å². The second-order valence-electron chi connectivity index (χ2n) is 4.27. The highest BCUT2D eigenvalue weighted by Crippen LogP contribution is 2.18. The molecule has 18 heavy (non-hydrogen) atoms. The number of hydrogen-bond donors (Lipinski definition) is 0. The maximum absolute atomic E-state index is 11.8. The van der Waals surface area contributed by atoms with Gasteiger partial charge in [0.15, 0.2) is 5.78 Å². The molecule has 0 amide bonds. The van der Waals surface area contributed by atoms with Gasteiger partial charge in [0.2, 0.25) is 0 Å². The number of rotatable bonds is 5. The minimum atomic E-state index is 0.204. The van der Waals surface area contributed by atoms with Gasteiger partial charge in [-0.15, -0.1) is 11.8 Å². The van der Waals surface area contributed by atoms with Crippen molar-refractivity contribution in [3.05, 3.63) is 48.0 Å². The summed E-state index contributed by atoms with van der Waals surface area (Å²) in [6, 6.07) is 8.22. The highest BCUT2D eigenvalue weighted by Gasteiger charge is 2.08. The Kier molecular flexibility index (Phi) is 4.20. The van der Waals surface area contributed by atoms with Crippen molar-refractivity contribution in [1.82, 2.24) is 9.55 Å². The van der Waals surface area contributed by atoms with E-state index in [0.29, 0.717) is 12.2 Å². The van der Waals surface area contributed by atoms with Gasteiger partial charge in [-0.25, -0.2) is 4.98 Å². The van der Waals surface area contributed by atoms with Gasteiger partial charge >= 0.3 is 0 Å². The Balaban J connectivity index is 1.85. The molecule has 0 saturated carbocycles. The molecule has 0 spiro atoms. The predicted molar refractivity (Wildman–Crippen MR) is 73.8 cm³/mol. The summed E-state index contributed by atoms with van der Waals surface area (Å²) in [5.74, 6) is 1.52. The van der Waals surface area contributed by atoms with Crippen LogP contribution in [0.5, 0.6) is 0 Å². The minimum Gasteiger partial charge on any atom is -0.338 e. The van der Waals surface area contributed by atoms with Gasteiger partial charge in [0.05, 0.1) is 12.2 Å². The van der Waals surface area contributed by atoms with Crippen LogP contribution < -0.4 is 0 Å². The zero-order chi connectivity index (χ0) is 13.0. The molecule has 0 saturated heterocycles. The van der Waals surface area contributed by atoms with Gasteiger partial charge in [0, 0.05) is 24.3 Å². The van der Waals surface area contributed by atoms with E-state index in [4.69, 9.17) is 0 Å². The first-order chi connectivity index (χ1) is 8.65. The molecule has 4 heteroatoms. The van der Waals surface area contributed by atoms with Crippen LogP contribution in [0.1, 0.15) is 11.4 Å². The van der Waals surface area contributed by atoms with E-state index in [2.05, 4.69) is 24.0 Å². The third-order valence-corrected chi connectivity index (χ3v) is 3.77. The maximum atomic E-state index is 11.8. The molecule has 0 aliphatic heterocycles. The third-order valence-electron chi connectivity index (χ3n) is 2.70. The smallest absolute Gasteiger partial charge is 0.150 e. The van der Waals surface area contributed by atoms with Crippen LogP contribution in [-0.4, -0.2) is 21.1 Å². The molecule has 2 aromatic rings. The van der Waals surface area contributed by atoms with Crippen molar-refractivity contribution in [2.75, 3.05) is 5.75 Å². The van der Waals surface area contributed by atoms with Gasteiger partial charge in [0.25, 0.3) is 0 Å². The zero-order valence-electron chi connectivity index (χ0n) is 10.6. The Hall–Kier alpha value is -1.55. The van der Waals surface area contributed by atoms with Crippen LogP contribution in [0, 0.1) is 6.92 Å². The van der Waals surface area contributed by atoms with Crippen molar-refractivity contribution in [3.8, 4) is 0 Å². The van der Waals surface area contributed by atoms with E-state index in [1.807, 2.05) is 29.9 Å². The van der Waals surface area contributed by atoms with E-state index in [1.165, 1.54) is 5.56 Å². The van der Waals surface area contributed by atoms with Crippen molar-refractivity contribution in [3.63, 3.8) is 0 Å². The molecule has 3 nitrogen and oxygen atoms in total. The highest BCUT2D eigenvalue weighted by molar-refractivity contribution is 8.00. The van der Waals surface area contributed by atoms with Crippen LogP contribution in [0.3, 0.4) is 0 Å². The van der Waals surface area contributed by atoms with E-state index in [-0.39, 0.29) is 5.78 Å². The van der Waals surface area contributed by atoms with Gasteiger partial charge in [-0.05, 0) is 19.1 Å². The minimum absolute atomic E-state index is 0.204. The Labute approximate surface area is 111 Å². The fourth-order valence-corrected chi connectivity index (χ4v) is 2.35. The van der Waals surface area contributed by atoms with Gasteiger partial charge < -0.3 is 4.57 Å². The molecule has 0 N–H and O–H groups in total. The summed E-state index contributed by atoms with van der Waals surface area (Å²) < 4.78 is 1.88. The largest absolute Gasteiger partial charge is 0.338 e. The fraction of sp³-hybridized carbons (Fsp3) is 0.286. The molecule has 1 heterocycles. The summed E-state index contributed by atoms with van der Waals surface area (Å²) in [7, 11) is 1.91. The Morgan fingerprint density at radius 3 is 2.67 bits per heavy atom. The van der Waals surface area contributed by atoms with Crippen LogP contribution in [0.25, 0.3) is 0 Å². The number of benzene rings is 1. The summed E-state index contributed by atoms with van der Waals surface area (Å²) in [5.41, 5.74) is 1.23. The number of carbonyl (C=O) groups excluding carboxylic acids is 1. The van der Waals surface area contributed by atoms with Crippen LogP contribution in [0.4, 0.5) is 0 Å². The van der Waals surface area contributed by atoms with E-state index in [0.717, 1.165) is 10.7 Å². The highest BCUT2D eigenvalue weighted by atomic mass is 32.2. The lowest BCUT2D eigenvalue weighted by atomic mass is 10.2. The lowest BCUT2D eigenvalue weighted by Gasteiger charge is -2.02. The van der Waals surface area contributed by atoms with Crippen molar-refractivity contribution >= 4 is 17.5 Å². The number of aryl methyl sites for hydroxylation is 2. The van der Waals surface area contributed by atoms with E-state index in [1.54, 1.807) is 18.0 Å². The molecular weight excluding hydrogens is 244 g/mol. The van der Waals surface area contributed by atoms with Gasteiger partial charge in [0.1, 0.15) is 5.82 Å². The monoisotopic (exact) mass is 260 g/mol. The number of ketones is 1. The summed E-state index contributed by atoms with van der Waals surface area (Å²) >= 11 is 1.58. The summed E-state index contributed by atoms with van der Waals surface area (Å²) in [6.07, 6.45) is 3.98. The van der Waals surface area contributed by atoms with Crippen molar-refractivity contribution < 1.29 is 4.79 Å². The molecule has 0 aliphatic carbocycles. The predicted octanol–water partition coefficient (Wildman–Crippen LogP) is 2.63. The van der Waals surface area contributed by atoms with Gasteiger partial charge in [-0.1, -0.05) is 17.7 Å². The first-order valence-corrected chi connectivity index (χ1v) is 6.81. The second kappa shape index (κ2) is 5.87. The molecule has 0 atom stereocenters. The lowest BCUT2D eigenvalue weighted by molar-refractivity contribution is -0.116. The molecular formula is C14H16N2OS. The Morgan fingerprint density at radius 2 is 2.06 bits per heavy atom. The first-order valence-electron chi connectivity index (χ1n) is 5.82. The van der Waals surface area contributed by atoms with Crippen molar-refractivity contribution in [2.45, 2.75) is 18.2 Å². The van der Waals surface area contributed by atoms with E-state index in [9.17, 15) is 4.79 Å². The SMILES string of the molecule is Cc1ccc(SCC(=O)Cc2nccn2C)cc1. The standard InChI is InChI=1S/C14H16N2OS/c1-11-3-5-13(6-4-11)18-10-12(17)9-14-15-7-8-16(14)2/h3-8H,9-10H2,1-2H3. The molecule has 2 rings (SSSR count). The molecule has 0 aliphatic rings. The fourth-order valence-electron chi connectivity index (χ4n) is 1.59. The first kappa shape index (κ1) is 12.9. The van der Waals surface area contributed by atoms with E-state index >= 15 is 0 Å². The average molecular weight is 260 g/mol. The number of Topliss-reactive ketones (excluding diaryl/α,β-unsaturated/α-hetero) is 1. The summed E-state index contributed by atoms with van der Waals surface area (Å²) in [6.45, 7) is 2.06. The number of thioether (sulfide) groups is 1. The third kappa shape index (κ3) is 3.47. The molecule has 1 aromatic carbocycles. The molecule has 94 valence electrons. The number of nitrogens with zero attached hydrogens (tertiary/aromatic N) is 2. The molecule has 0 radical (unpaired) electrons. The molecule has 0 unspecified atom stereocenters. The van der Waals surface area contributed by atoms with Crippen molar-refractivity contribution in [2.24, 2.45) is 7.05 Å².